The maximum Gasteiger partial charge on any atom is 0.330 e. The number of imidazole rings is 1. The minimum absolute atomic E-state index is 0.0447. The molecule has 0 bridgehead atoms. The topological polar surface area (TPSA) is 138 Å². The van der Waals surface area contributed by atoms with Crippen LogP contribution in [0.1, 0.15) is 37.3 Å². The molecule has 0 unspecified atom stereocenters. The molecule has 40 heavy (non-hydrogen) atoms. The lowest BCUT2D eigenvalue weighted by atomic mass is 9.81. The Bertz CT molecular complexity index is 1620. The van der Waals surface area contributed by atoms with E-state index in [1.807, 2.05) is 37.3 Å². The van der Waals surface area contributed by atoms with Crippen molar-refractivity contribution in [2.75, 3.05) is 29.6 Å². The van der Waals surface area contributed by atoms with Gasteiger partial charge in [-0.3, -0.25) is 13.9 Å². The van der Waals surface area contributed by atoms with Crippen molar-refractivity contribution < 1.29 is 14.3 Å². The SMILES string of the molecule is Cc1ccc(OC2CC(C(=O)Nc3ccccc3N)C2)cc1Nc1ncc2c(n1)n(C1CCOCC1)c(=O)n2C. The molecular weight excluding hydrogens is 510 g/mol. The lowest BCUT2D eigenvalue weighted by Crippen LogP contribution is -2.40. The molecule has 3 heterocycles. The lowest BCUT2D eigenvalue weighted by molar-refractivity contribution is -0.125. The van der Waals surface area contributed by atoms with Crippen molar-refractivity contribution in [2.45, 2.75) is 44.8 Å². The third-order valence-corrected chi connectivity index (χ3v) is 7.83. The summed E-state index contributed by atoms with van der Waals surface area (Å²) in [5.74, 6) is 0.938. The number of carbonyl (C=O) groups is 1. The molecule has 11 heteroatoms. The third kappa shape index (κ3) is 5.00. The second kappa shape index (κ2) is 10.6. The van der Waals surface area contributed by atoms with Crippen LogP contribution in [0.3, 0.4) is 0 Å². The number of hydrogen-bond donors (Lipinski definition) is 3. The predicted octanol–water partition coefficient (Wildman–Crippen LogP) is 3.91. The predicted molar refractivity (Wildman–Crippen MR) is 153 cm³/mol. The molecule has 1 amide bonds. The fourth-order valence-corrected chi connectivity index (χ4v) is 5.31. The fraction of sp³-hybridized carbons (Fsp3) is 0.379. The Labute approximate surface area is 231 Å². The molecule has 2 aliphatic rings. The van der Waals surface area contributed by atoms with Crippen LogP contribution in [0.2, 0.25) is 0 Å². The zero-order valence-corrected chi connectivity index (χ0v) is 22.6. The number of benzene rings is 2. The summed E-state index contributed by atoms with van der Waals surface area (Å²) in [5.41, 5.74) is 10.1. The molecule has 2 aromatic heterocycles. The fourth-order valence-electron chi connectivity index (χ4n) is 5.31. The van der Waals surface area contributed by atoms with Gasteiger partial charge in [0.25, 0.3) is 0 Å². The maximum atomic E-state index is 13.0. The second-order valence-corrected chi connectivity index (χ2v) is 10.5. The van der Waals surface area contributed by atoms with Gasteiger partial charge in [0, 0.05) is 44.0 Å². The Hall–Kier alpha value is -4.38. The number of nitrogens with zero attached hydrogens (tertiary/aromatic N) is 4. The van der Waals surface area contributed by atoms with Crippen molar-refractivity contribution in [1.29, 1.82) is 0 Å². The molecule has 1 aliphatic heterocycles. The first-order chi connectivity index (χ1) is 19.4. The van der Waals surface area contributed by atoms with E-state index in [0.717, 1.165) is 24.1 Å². The number of amides is 1. The number of aryl methyl sites for hydroxylation is 2. The molecule has 11 nitrogen and oxygen atoms in total. The third-order valence-electron chi connectivity index (χ3n) is 7.83. The number of aromatic nitrogens is 4. The van der Waals surface area contributed by atoms with Gasteiger partial charge in [0.05, 0.1) is 17.6 Å². The summed E-state index contributed by atoms with van der Waals surface area (Å²) < 4.78 is 15.0. The number of fused-ring (bicyclic) bond motifs is 1. The molecule has 0 radical (unpaired) electrons. The molecule has 1 aliphatic carbocycles. The number of anilines is 4. The van der Waals surface area contributed by atoms with E-state index in [1.54, 1.807) is 34.5 Å². The number of carbonyl (C=O) groups excluding carboxylic acids is 1. The zero-order chi connectivity index (χ0) is 27.8. The largest absolute Gasteiger partial charge is 0.490 e. The van der Waals surface area contributed by atoms with Crippen LogP contribution in [0.25, 0.3) is 11.2 Å². The molecule has 208 valence electrons. The van der Waals surface area contributed by atoms with Crippen LogP contribution in [-0.4, -0.2) is 44.3 Å². The molecule has 2 aromatic carbocycles. The van der Waals surface area contributed by atoms with E-state index in [9.17, 15) is 9.59 Å². The van der Waals surface area contributed by atoms with Crippen molar-refractivity contribution in [3.8, 4) is 5.75 Å². The van der Waals surface area contributed by atoms with Crippen molar-refractivity contribution in [1.82, 2.24) is 19.1 Å². The highest BCUT2D eigenvalue weighted by molar-refractivity contribution is 5.95. The number of nitrogen functional groups attached to an aromatic ring is 1. The van der Waals surface area contributed by atoms with E-state index < -0.39 is 0 Å². The van der Waals surface area contributed by atoms with Gasteiger partial charge in [-0.1, -0.05) is 18.2 Å². The average molecular weight is 544 g/mol. The van der Waals surface area contributed by atoms with Gasteiger partial charge < -0.3 is 25.8 Å². The van der Waals surface area contributed by atoms with Crippen LogP contribution in [0.4, 0.5) is 23.0 Å². The minimum atomic E-state index is -0.119. The molecule has 6 rings (SSSR count). The van der Waals surface area contributed by atoms with Crippen LogP contribution in [0, 0.1) is 12.8 Å². The van der Waals surface area contributed by atoms with E-state index in [2.05, 4.69) is 15.6 Å². The van der Waals surface area contributed by atoms with Crippen molar-refractivity contribution in [2.24, 2.45) is 13.0 Å². The molecule has 0 spiro atoms. The Morgan fingerprint density at radius 2 is 1.90 bits per heavy atom. The van der Waals surface area contributed by atoms with E-state index in [1.165, 1.54) is 0 Å². The molecule has 4 aromatic rings. The molecule has 1 saturated carbocycles. The van der Waals surface area contributed by atoms with Crippen LogP contribution >= 0.6 is 0 Å². The summed E-state index contributed by atoms with van der Waals surface area (Å²) in [6.45, 7) is 3.25. The number of para-hydroxylation sites is 2. The molecule has 4 N–H and O–H groups in total. The van der Waals surface area contributed by atoms with Gasteiger partial charge in [-0.25, -0.2) is 9.78 Å². The number of ether oxygens (including phenoxy) is 2. The highest BCUT2D eigenvalue weighted by Crippen LogP contribution is 2.34. The lowest BCUT2D eigenvalue weighted by Gasteiger charge is -2.34. The molecule has 2 fully saturated rings. The summed E-state index contributed by atoms with van der Waals surface area (Å²) in [7, 11) is 1.74. The van der Waals surface area contributed by atoms with Crippen LogP contribution in [-0.2, 0) is 16.6 Å². The van der Waals surface area contributed by atoms with E-state index >= 15 is 0 Å². The van der Waals surface area contributed by atoms with Crippen LogP contribution in [0.15, 0.2) is 53.5 Å². The Balaban J connectivity index is 1.14. The Morgan fingerprint density at radius 3 is 2.67 bits per heavy atom. The normalized spacial score (nSPS) is 19.2. The highest BCUT2D eigenvalue weighted by atomic mass is 16.5. The van der Waals surface area contributed by atoms with Crippen molar-refractivity contribution in [3.63, 3.8) is 0 Å². The Morgan fingerprint density at radius 1 is 1.12 bits per heavy atom. The first-order valence-electron chi connectivity index (χ1n) is 13.6. The maximum absolute atomic E-state index is 13.0. The van der Waals surface area contributed by atoms with Gasteiger partial charge in [0.2, 0.25) is 11.9 Å². The molecule has 1 saturated heterocycles. The van der Waals surface area contributed by atoms with Gasteiger partial charge in [-0.15, -0.1) is 0 Å². The minimum Gasteiger partial charge on any atom is -0.490 e. The first-order valence-corrected chi connectivity index (χ1v) is 13.6. The quantitative estimate of drug-likeness (QED) is 0.298. The van der Waals surface area contributed by atoms with E-state index in [0.29, 0.717) is 60.3 Å². The number of nitrogens with one attached hydrogen (secondary N) is 2. The monoisotopic (exact) mass is 543 g/mol. The second-order valence-electron chi connectivity index (χ2n) is 10.5. The number of nitrogens with two attached hydrogens (primary N) is 1. The average Bonchev–Trinajstić information content (AvgIpc) is 3.18. The van der Waals surface area contributed by atoms with Crippen molar-refractivity contribution >= 4 is 40.1 Å². The standard InChI is InChI=1S/C29H33N7O4/c1-17-7-8-20(40-21-13-18(14-21)27(37)32-23-6-4-3-5-22(23)30)15-24(17)33-28-31-16-25-26(34-28)36(29(38)35(25)2)19-9-11-39-12-10-19/h3-8,15-16,18-19,21H,9-14,30H2,1-2H3,(H,32,37)(H,31,33,34). The van der Waals surface area contributed by atoms with Gasteiger partial charge in [-0.2, -0.15) is 4.98 Å². The van der Waals surface area contributed by atoms with Crippen LogP contribution in [0.5, 0.6) is 5.75 Å². The Kier molecular flexibility index (Phi) is 6.89. The highest BCUT2D eigenvalue weighted by Gasteiger charge is 2.36. The van der Waals surface area contributed by atoms with Crippen molar-refractivity contribution in [3.05, 3.63) is 64.7 Å². The first kappa shape index (κ1) is 25.9. The number of hydrogen-bond acceptors (Lipinski definition) is 8. The summed E-state index contributed by atoms with van der Waals surface area (Å²) in [4.78, 5) is 34.8. The smallest absolute Gasteiger partial charge is 0.330 e. The molecule has 0 atom stereocenters. The van der Waals surface area contributed by atoms with Gasteiger partial charge in [-0.05, 0) is 56.4 Å². The summed E-state index contributed by atoms with van der Waals surface area (Å²) >= 11 is 0. The van der Waals surface area contributed by atoms with Gasteiger partial charge >= 0.3 is 5.69 Å². The zero-order valence-electron chi connectivity index (χ0n) is 22.6. The summed E-state index contributed by atoms with van der Waals surface area (Å²) in [5, 5.41) is 6.22. The summed E-state index contributed by atoms with van der Waals surface area (Å²) in [6.07, 6.45) is 4.44. The molecular formula is C29H33N7O4. The van der Waals surface area contributed by atoms with E-state index in [4.69, 9.17) is 20.2 Å². The van der Waals surface area contributed by atoms with Crippen LogP contribution < -0.4 is 26.8 Å². The van der Waals surface area contributed by atoms with Gasteiger partial charge in [0.15, 0.2) is 5.65 Å². The number of rotatable bonds is 7. The van der Waals surface area contributed by atoms with Gasteiger partial charge in [0.1, 0.15) is 17.4 Å². The van der Waals surface area contributed by atoms with E-state index in [-0.39, 0.29) is 29.7 Å². The summed E-state index contributed by atoms with van der Waals surface area (Å²) in [6, 6.07) is 13.1.